The molecule has 0 aliphatic carbocycles. The summed E-state index contributed by atoms with van der Waals surface area (Å²) in [6.07, 6.45) is 0. The van der Waals surface area contributed by atoms with Crippen molar-refractivity contribution in [2.45, 2.75) is 11.8 Å². The molecule has 1 fully saturated rings. The topological polar surface area (TPSA) is 139 Å². The van der Waals surface area contributed by atoms with Gasteiger partial charge in [-0.15, -0.1) is 0 Å². The van der Waals surface area contributed by atoms with Gasteiger partial charge in [-0.05, 0) is 25.1 Å². The lowest BCUT2D eigenvalue weighted by atomic mass is 10.1. The van der Waals surface area contributed by atoms with Crippen LogP contribution in [0.4, 0.5) is 11.4 Å². The first kappa shape index (κ1) is 25.3. The predicted octanol–water partition coefficient (Wildman–Crippen LogP) is 2.00. The minimum Gasteiger partial charge on any atom is -0.383 e. The zero-order valence-corrected chi connectivity index (χ0v) is 19.7. The molecule has 182 valence electrons. The molecule has 1 amide bonds. The third kappa shape index (κ3) is 5.58. The van der Waals surface area contributed by atoms with Crippen molar-refractivity contribution >= 4 is 33.1 Å². The van der Waals surface area contributed by atoms with E-state index in [1.807, 2.05) is 0 Å². The Morgan fingerprint density at radius 3 is 2.29 bits per heavy atom. The number of nitro groups is 1. The zero-order valence-electron chi connectivity index (χ0n) is 18.9. The van der Waals surface area contributed by atoms with E-state index in [1.165, 1.54) is 65.7 Å². The lowest BCUT2D eigenvalue weighted by Gasteiger charge is -2.34. The summed E-state index contributed by atoms with van der Waals surface area (Å²) in [4.78, 5) is 36.8. The number of hydrogen-bond donors (Lipinski definition) is 1. The first-order valence-corrected chi connectivity index (χ1v) is 12.0. The Morgan fingerprint density at radius 1 is 1.09 bits per heavy atom. The van der Waals surface area contributed by atoms with Crippen LogP contribution in [0, 0.1) is 10.1 Å². The molecule has 3 rings (SSSR count). The van der Waals surface area contributed by atoms with Gasteiger partial charge in [-0.2, -0.15) is 4.31 Å². The molecular weight excluding hydrogens is 464 g/mol. The summed E-state index contributed by atoms with van der Waals surface area (Å²) in [7, 11) is -2.25. The number of rotatable bonds is 9. The van der Waals surface area contributed by atoms with Gasteiger partial charge in [0.1, 0.15) is 0 Å². The van der Waals surface area contributed by atoms with Crippen LogP contribution in [0.2, 0.25) is 0 Å². The molecule has 1 aliphatic rings. The molecule has 1 saturated heterocycles. The molecule has 1 heterocycles. The average molecular weight is 491 g/mol. The first-order chi connectivity index (χ1) is 16.1. The maximum Gasteiger partial charge on any atom is 0.270 e. The second kappa shape index (κ2) is 10.7. The van der Waals surface area contributed by atoms with Gasteiger partial charge in [0.2, 0.25) is 10.0 Å². The van der Waals surface area contributed by atoms with E-state index in [2.05, 4.69) is 5.32 Å². The molecule has 34 heavy (non-hydrogen) atoms. The molecule has 1 aliphatic heterocycles. The number of ether oxygens (including phenoxy) is 1. The lowest BCUT2D eigenvalue weighted by Crippen LogP contribution is -2.50. The fourth-order valence-corrected chi connectivity index (χ4v) is 5.00. The van der Waals surface area contributed by atoms with Crippen molar-refractivity contribution in [3.8, 4) is 0 Å². The van der Waals surface area contributed by atoms with E-state index < -0.39 is 20.9 Å². The number of nitrogens with zero attached hydrogens (tertiary/aromatic N) is 3. The highest BCUT2D eigenvalue weighted by Gasteiger charge is 2.31. The third-order valence-corrected chi connectivity index (χ3v) is 7.40. The minimum atomic E-state index is -3.79. The number of sulfonamides is 1. The fraction of sp³-hybridized carbons (Fsp3) is 0.364. The van der Waals surface area contributed by atoms with Crippen LogP contribution in [0.1, 0.15) is 27.6 Å². The number of anilines is 1. The van der Waals surface area contributed by atoms with Gasteiger partial charge in [0.15, 0.2) is 5.78 Å². The van der Waals surface area contributed by atoms with Gasteiger partial charge in [0, 0.05) is 63.2 Å². The summed E-state index contributed by atoms with van der Waals surface area (Å²) in [5.41, 5.74) is 0.784. The molecule has 11 nitrogen and oxygen atoms in total. The highest BCUT2D eigenvalue weighted by molar-refractivity contribution is 7.89. The summed E-state index contributed by atoms with van der Waals surface area (Å²) in [5, 5.41) is 14.3. The van der Waals surface area contributed by atoms with Crippen molar-refractivity contribution < 1.29 is 27.7 Å². The van der Waals surface area contributed by atoms with E-state index in [0.29, 0.717) is 24.4 Å². The highest BCUT2D eigenvalue weighted by Crippen LogP contribution is 2.25. The molecule has 0 atom stereocenters. The van der Waals surface area contributed by atoms with Crippen molar-refractivity contribution in [1.29, 1.82) is 0 Å². The number of benzene rings is 2. The number of piperazine rings is 1. The average Bonchev–Trinajstić information content (AvgIpc) is 2.84. The van der Waals surface area contributed by atoms with Crippen LogP contribution in [0.5, 0.6) is 0 Å². The van der Waals surface area contributed by atoms with Crippen LogP contribution in [-0.2, 0) is 14.8 Å². The van der Waals surface area contributed by atoms with Crippen molar-refractivity contribution in [3.05, 3.63) is 63.7 Å². The Kier molecular flexibility index (Phi) is 7.97. The second-order valence-corrected chi connectivity index (χ2v) is 9.62. The van der Waals surface area contributed by atoms with E-state index >= 15 is 0 Å². The predicted molar refractivity (Wildman–Crippen MR) is 125 cm³/mol. The van der Waals surface area contributed by atoms with Gasteiger partial charge >= 0.3 is 0 Å². The molecule has 0 aromatic heterocycles. The summed E-state index contributed by atoms with van der Waals surface area (Å²) in [6, 6.07) is 9.73. The number of Topliss-reactive ketones (excluding diaryl/α,β-unsaturated/α-hetero) is 1. The van der Waals surface area contributed by atoms with Crippen LogP contribution >= 0.6 is 0 Å². The van der Waals surface area contributed by atoms with Gasteiger partial charge in [0.25, 0.3) is 11.6 Å². The maximum absolute atomic E-state index is 13.2. The SMILES string of the molecule is COCCNc1ccc([N+](=O)[O-])cc1C(=O)N1CCN(S(=O)(=O)c2ccc(C(C)=O)cc2)CC1. The van der Waals surface area contributed by atoms with Gasteiger partial charge in [-0.3, -0.25) is 19.7 Å². The van der Waals surface area contributed by atoms with Crippen molar-refractivity contribution in [2.24, 2.45) is 0 Å². The van der Waals surface area contributed by atoms with Gasteiger partial charge < -0.3 is 15.0 Å². The van der Waals surface area contributed by atoms with Gasteiger partial charge in [-0.1, -0.05) is 12.1 Å². The number of ketones is 1. The molecule has 0 bridgehead atoms. The quantitative estimate of drug-likeness (QED) is 0.244. The van der Waals surface area contributed by atoms with Gasteiger partial charge in [0.05, 0.1) is 22.0 Å². The number of methoxy groups -OCH3 is 1. The Morgan fingerprint density at radius 2 is 1.74 bits per heavy atom. The number of nitrogens with one attached hydrogen (secondary N) is 1. The minimum absolute atomic E-state index is 0.0700. The van der Waals surface area contributed by atoms with Gasteiger partial charge in [-0.25, -0.2) is 8.42 Å². The molecule has 0 unspecified atom stereocenters. The summed E-state index contributed by atoms with van der Waals surface area (Å²) >= 11 is 0. The normalized spacial score (nSPS) is 14.6. The highest BCUT2D eigenvalue weighted by atomic mass is 32.2. The lowest BCUT2D eigenvalue weighted by molar-refractivity contribution is -0.384. The smallest absolute Gasteiger partial charge is 0.270 e. The summed E-state index contributed by atoms with van der Waals surface area (Å²) in [6.45, 7) is 2.60. The van der Waals surface area contributed by atoms with Crippen LogP contribution in [0.25, 0.3) is 0 Å². The molecule has 2 aromatic carbocycles. The number of carbonyl (C=O) groups is 2. The summed E-state index contributed by atoms with van der Waals surface area (Å²) < 4.78 is 32.2. The second-order valence-electron chi connectivity index (χ2n) is 7.68. The number of hydrogen-bond acceptors (Lipinski definition) is 8. The van der Waals surface area contributed by atoms with E-state index in [0.717, 1.165) is 0 Å². The van der Waals surface area contributed by atoms with Crippen molar-refractivity contribution in [1.82, 2.24) is 9.21 Å². The standard InChI is InChI=1S/C22H26N4O7S/c1-16(27)17-3-6-19(7-4-17)34(31,32)25-12-10-24(11-13-25)22(28)20-15-18(26(29)30)5-8-21(20)23-9-14-33-2/h3-8,15,23H,9-14H2,1-2H3. The monoisotopic (exact) mass is 490 g/mol. The number of amides is 1. The zero-order chi connectivity index (χ0) is 24.9. The van der Waals surface area contributed by atoms with E-state index in [-0.39, 0.29) is 48.1 Å². The van der Waals surface area contributed by atoms with Crippen molar-refractivity contribution in [2.75, 3.05) is 51.8 Å². The van der Waals surface area contributed by atoms with Crippen LogP contribution in [0.15, 0.2) is 47.4 Å². The van der Waals surface area contributed by atoms with E-state index in [9.17, 15) is 28.1 Å². The van der Waals surface area contributed by atoms with E-state index in [1.54, 1.807) is 0 Å². The van der Waals surface area contributed by atoms with Crippen LogP contribution in [-0.4, -0.2) is 80.7 Å². The Bertz CT molecular complexity index is 1170. The Hall–Kier alpha value is -3.35. The molecule has 1 N–H and O–H groups in total. The molecule has 2 aromatic rings. The largest absolute Gasteiger partial charge is 0.383 e. The van der Waals surface area contributed by atoms with Crippen LogP contribution < -0.4 is 5.32 Å². The number of non-ortho nitro benzene ring substituents is 1. The van der Waals surface area contributed by atoms with Crippen molar-refractivity contribution in [3.63, 3.8) is 0 Å². The first-order valence-electron chi connectivity index (χ1n) is 10.6. The maximum atomic E-state index is 13.2. The third-order valence-electron chi connectivity index (χ3n) is 5.49. The number of carbonyl (C=O) groups excluding carboxylic acids is 2. The summed E-state index contributed by atoms with van der Waals surface area (Å²) in [5.74, 6) is -0.584. The fourth-order valence-electron chi connectivity index (χ4n) is 3.58. The van der Waals surface area contributed by atoms with E-state index in [4.69, 9.17) is 4.74 Å². The Balaban J connectivity index is 1.74. The van der Waals surface area contributed by atoms with Crippen LogP contribution in [0.3, 0.4) is 0 Å². The Labute approximate surface area is 197 Å². The number of nitro benzene ring substituents is 1. The molecular formula is C22H26N4O7S. The molecule has 0 saturated carbocycles. The molecule has 0 radical (unpaired) electrons. The molecule has 0 spiro atoms. The molecule has 12 heteroatoms.